The van der Waals surface area contributed by atoms with Gasteiger partial charge in [0.05, 0.1) is 4.90 Å². The minimum absolute atomic E-state index is 0.339. The van der Waals surface area contributed by atoms with Gasteiger partial charge in [0.25, 0.3) is 0 Å². The van der Waals surface area contributed by atoms with Crippen LogP contribution in [-0.2, 0) is 9.92 Å². The molecule has 1 aromatic rings. The van der Waals surface area contributed by atoms with Crippen LogP contribution in [0.1, 0.15) is 13.8 Å². The van der Waals surface area contributed by atoms with Gasteiger partial charge in [-0.3, -0.25) is 0 Å². The van der Waals surface area contributed by atoms with E-state index >= 15 is 0 Å². The molecular weight excluding hydrogens is 215 g/mol. The number of nitrogens with one attached hydrogen (secondary N) is 1. The van der Waals surface area contributed by atoms with E-state index in [1.807, 2.05) is 13.8 Å². The average molecular weight is 230 g/mol. The van der Waals surface area contributed by atoms with Crippen molar-refractivity contribution in [1.82, 2.24) is 4.72 Å². The summed E-state index contributed by atoms with van der Waals surface area (Å²) in [6.45, 7) is 4.69. The van der Waals surface area contributed by atoms with Gasteiger partial charge < -0.3 is 0 Å². The fraction of sp³-hybridized carbons (Fsp3) is 0.400. The van der Waals surface area contributed by atoms with E-state index in [1.165, 1.54) is 24.3 Å². The Balaban J connectivity index is 3.16. The summed E-state index contributed by atoms with van der Waals surface area (Å²) in [5.74, 6) is -0.339. The quantitative estimate of drug-likeness (QED) is 0.846. The highest BCUT2D eigenvalue weighted by Gasteiger charge is 2.09. The number of nitrogens with zero attached hydrogens (tertiary/aromatic N) is 1. The second kappa shape index (κ2) is 5.23. The Morgan fingerprint density at radius 3 is 2.40 bits per heavy atom. The van der Waals surface area contributed by atoms with Crippen LogP contribution in [-0.4, -0.2) is 17.3 Å². The number of benzene rings is 1. The average Bonchev–Trinajstić information content (AvgIpc) is 2.19. The van der Waals surface area contributed by atoms with Crippen molar-refractivity contribution in [1.29, 1.82) is 0 Å². The lowest BCUT2D eigenvalue weighted by molar-refractivity contribution is 0.625. The highest BCUT2D eigenvalue weighted by Crippen LogP contribution is 2.12. The van der Waals surface area contributed by atoms with Crippen molar-refractivity contribution in [3.63, 3.8) is 0 Å². The lowest BCUT2D eigenvalue weighted by Crippen LogP contribution is -2.23. The fourth-order valence-electron chi connectivity index (χ4n) is 1.20. The maximum absolute atomic E-state index is 12.7. The van der Waals surface area contributed by atoms with E-state index in [4.69, 9.17) is 0 Å². The second-order valence-electron chi connectivity index (χ2n) is 2.92. The predicted octanol–water partition coefficient (Wildman–Crippen LogP) is 2.20. The Morgan fingerprint density at radius 2 is 1.93 bits per heavy atom. The van der Waals surface area contributed by atoms with Crippen molar-refractivity contribution in [3.05, 3.63) is 30.1 Å². The molecule has 1 aromatic carbocycles. The van der Waals surface area contributed by atoms with E-state index in [-0.39, 0.29) is 5.82 Å². The van der Waals surface area contributed by atoms with E-state index < -0.39 is 9.92 Å². The third-order valence-corrected chi connectivity index (χ3v) is 4.00. The van der Waals surface area contributed by atoms with Gasteiger partial charge in [-0.2, -0.15) is 0 Å². The lowest BCUT2D eigenvalue weighted by atomic mass is 10.4. The lowest BCUT2D eigenvalue weighted by Gasteiger charge is -2.10. The largest absolute Gasteiger partial charge is 0.229 e. The molecule has 0 spiro atoms. The molecule has 0 aliphatic heterocycles. The predicted molar refractivity (Wildman–Crippen MR) is 59.5 cm³/mol. The van der Waals surface area contributed by atoms with Gasteiger partial charge >= 0.3 is 0 Å². The molecule has 0 bridgehead atoms. The van der Waals surface area contributed by atoms with Crippen LogP contribution in [0.4, 0.5) is 4.39 Å². The van der Waals surface area contributed by atoms with Gasteiger partial charge in [-0.25, -0.2) is 17.7 Å². The smallest absolute Gasteiger partial charge is 0.137 e. The van der Waals surface area contributed by atoms with Gasteiger partial charge in [0.15, 0.2) is 0 Å². The first-order valence-electron chi connectivity index (χ1n) is 4.85. The van der Waals surface area contributed by atoms with E-state index in [2.05, 4.69) is 9.08 Å². The molecule has 0 aromatic heterocycles. The minimum atomic E-state index is -2.58. The Morgan fingerprint density at radius 1 is 1.33 bits per heavy atom. The third-order valence-electron chi connectivity index (χ3n) is 1.78. The molecule has 0 aliphatic carbocycles. The molecule has 0 amide bonds. The number of halogens is 1. The van der Waals surface area contributed by atoms with Crippen LogP contribution in [0.5, 0.6) is 0 Å². The SMILES string of the molecule is CCN=S(=O)(NCC)c1ccc(F)cc1. The van der Waals surface area contributed by atoms with Crippen molar-refractivity contribution in [3.8, 4) is 0 Å². The molecule has 0 saturated carbocycles. The van der Waals surface area contributed by atoms with Crippen LogP contribution in [0.15, 0.2) is 33.5 Å². The zero-order valence-corrected chi connectivity index (χ0v) is 9.68. The van der Waals surface area contributed by atoms with Gasteiger partial charge in [0.1, 0.15) is 15.7 Å². The van der Waals surface area contributed by atoms with Gasteiger partial charge in [-0.1, -0.05) is 6.92 Å². The molecule has 84 valence electrons. The number of hydrogen-bond acceptors (Lipinski definition) is 2. The van der Waals surface area contributed by atoms with Crippen LogP contribution in [0, 0.1) is 5.82 Å². The molecule has 0 heterocycles. The summed E-state index contributed by atoms with van der Waals surface area (Å²) in [5.41, 5.74) is 0. The van der Waals surface area contributed by atoms with Crippen LogP contribution in [0.25, 0.3) is 0 Å². The number of rotatable bonds is 4. The minimum Gasteiger partial charge on any atom is -0.229 e. The topological polar surface area (TPSA) is 41.5 Å². The van der Waals surface area contributed by atoms with Gasteiger partial charge in [-0.15, -0.1) is 0 Å². The molecule has 0 radical (unpaired) electrons. The van der Waals surface area contributed by atoms with Crippen molar-refractivity contribution >= 4 is 9.92 Å². The maximum atomic E-state index is 12.7. The summed E-state index contributed by atoms with van der Waals surface area (Å²) in [6, 6.07) is 5.58. The molecule has 0 fully saturated rings. The van der Waals surface area contributed by atoms with Crippen molar-refractivity contribution in [2.24, 2.45) is 4.36 Å². The molecule has 1 N–H and O–H groups in total. The molecule has 0 saturated heterocycles. The number of hydrogen-bond donors (Lipinski definition) is 1. The Kier molecular flexibility index (Phi) is 4.23. The molecule has 1 rings (SSSR count). The maximum Gasteiger partial charge on any atom is 0.137 e. The van der Waals surface area contributed by atoms with Crippen LogP contribution < -0.4 is 4.72 Å². The fourth-order valence-corrected chi connectivity index (χ4v) is 2.87. The van der Waals surface area contributed by atoms with E-state index in [9.17, 15) is 8.60 Å². The monoisotopic (exact) mass is 230 g/mol. The molecule has 1 atom stereocenters. The summed E-state index contributed by atoms with van der Waals surface area (Å²) in [5, 5.41) is 0. The molecule has 0 aliphatic rings. The van der Waals surface area contributed by atoms with Crippen molar-refractivity contribution in [2.75, 3.05) is 13.1 Å². The molecular formula is C10H15FN2OS. The Bertz CT molecular complexity index is 422. The first-order chi connectivity index (χ1) is 7.12. The second-order valence-corrected chi connectivity index (χ2v) is 4.99. The summed E-state index contributed by atoms with van der Waals surface area (Å²) in [7, 11) is -2.58. The third kappa shape index (κ3) is 3.00. The highest BCUT2D eigenvalue weighted by molar-refractivity contribution is 7.91. The van der Waals surface area contributed by atoms with E-state index in [1.54, 1.807) is 0 Å². The molecule has 5 heteroatoms. The van der Waals surface area contributed by atoms with Gasteiger partial charge in [-0.05, 0) is 31.2 Å². The van der Waals surface area contributed by atoms with Crippen molar-refractivity contribution < 1.29 is 8.60 Å². The van der Waals surface area contributed by atoms with Crippen molar-refractivity contribution in [2.45, 2.75) is 18.7 Å². The Labute approximate surface area is 90.0 Å². The van der Waals surface area contributed by atoms with Crippen LogP contribution in [0.3, 0.4) is 0 Å². The zero-order valence-electron chi connectivity index (χ0n) is 8.87. The first kappa shape index (κ1) is 12.1. The summed E-state index contributed by atoms with van der Waals surface area (Å²) >= 11 is 0. The van der Waals surface area contributed by atoms with Crippen LogP contribution in [0.2, 0.25) is 0 Å². The van der Waals surface area contributed by atoms with Crippen LogP contribution >= 0.6 is 0 Å². The standard InChI is InChI=1S/C10H15FN2OS/c1-3-12-15(14,13-4-2)10-7-5-9(11)6-8-10/h5-8H,3-4H2,1-2H3,(H,12,13,14). The van der Waals surface area contributed by atoms with E-state index in [0.29, 0.717) is 18.0 Å². The molecule has 3 nitrogen and oxygen atoms in total. The highest BCUT2D eigenvalue weighted by atomic mass is 32.2. The van der Waals surface area contributed by atoms with Gasteiger partial charge in [0.2, 0.25) is 0 Å². The summed E-state index contributed by atoms with van der Waals surface area (Å²) < 4.78 is 31.9. The van der Waals surface area contributed by atoms with Gasteiger partial charge in [0, 0.05) is 13.1 Å². The van der Waals surface area contributed by atoms with E-state index in [0.717, 1.165) is 0 Å². The zero-order chi connectivity index (χ0) is 11.3. The normalized spacial score (nSPS) is 14.6. The first-order valence-corrected chi connectivity index (χ1v) is 6.37. The molecule has 15 heavy (non-hydrogen) atoms. The summed E-state index contributed by atoms with van der Waals surface area (Å²) in [6.07, 6.45) is 0. The Hall–Kier alpha value is -0.940. The summed E-state index contributed by atoms with van der Waals surface area (Å²) in [4.78, 5) is 0.521. The molecule has 1 unspecified atom stereocenters.